The molecule has 10 heteroatoms. The van der Waals surface area contributed by atoms with Crippen molar-refractivity contribution in [1.29, 1.82) is 0 Å². The lowest BCUT2D eigenvalue weighted by molar-refractivity contribution is -0.156. The van der Waals surface area contributed by atoms with E-state index in [1.807, 2.05) is 26.8 Å². The summed E-state index contributed by atoms with van der Waals surface area (Å²) in [6.07, 6.45) is 0.204. The van der Waals surface area contributed by atoms with Crippen molar-refractivity contribution < 1.29 is 32.5 Å². The minimum Gasteiger partial charge on any atom is -0.755 e. The Morgan fingerprint density at radius 1 is 1.07 bits per heavy atom. The molecule has 1 aromatic carbocycles. The van der Waals surface area contributed by atoms with Crippen LogP contribution in [0.2, 0.25) is 0 Å². The van der Waals surface area contributed by atoms with Crippen LogP contribution < -0.4 is 4.31 Å². The van der Waals surface area contributed by atoms with Gasteiger partial charge in [-0.05, 0) is 39.0 Å². The summed E-state index contributed by atoms with van der Waals surface area (Å²) in [7, 11) is 0. The molecule has 0 aliphatic carbocycles. The Morgan fingerprint density at radius 2 is 1.66 bits per heavy atom. The summed E-state index contributed by atoms with van der Waals surface area (Å²) in [5.41, 5.74) is 0.0776. The molecular weight excluding hydrogens is 466 g/mol. The molecule has 0 aromatic heterocycles. The molecule has 0 aliphatic rings. The summed E-state index contributed by atoms with van der Waals surface area (Å²) in [5, 5.41) is 0. The van der Waals surface area contributed by atoms with E-state index in [1.165, 1.54) is 4.31 Å². The smallest absolute Gasteiger partial charge is 0.308 e. The molecule has 1 aromatic rings. The Kier molecular flexibility index (Phi) is 12.6. The van der Waals surface area contributed by atoms with Crippen LogP contribution in [0.15, 0.2) is 28.7 Å². The van der Waals surface area contributed by atoms with Crippen molar-refractivity contribution in [3.05, 3.63) is 28.7 Å². The van der Waals surface area contributed by atoms with Crippen molar-refractivity contribution in [2.24, 2.45) is 0 Å². The summed E-state index contributed by atoms with van der Waals surface area (Å²) in [5.74, 6) is -0.289. The van der Waals surface area contributed by atoms with Gasteiger partial charge in [0.1, 0.15) is 5.60 Å². The minimum atomic E-state index is -2.38. The normalized spacial score (nSPS) is 12.6. The van der Waals surface area contributed by atoms with Crippen molar-refractivity contribution in [2.75, 3.05) is 50.5 Å². The molecule has 0 amide bonds. The molecule has 29 heavy (non-hydrogen) atoms. The highest BCUT2D eigenvalue weighted by atomic mass is 79.9. The molecule has 0 saturated heterocycles. The van der Waals surface area contributed by atoms with Gasteiger partial charge in [0.25, 0.3) is 0 Å². The highest BCUT2D eigenvalue weighted by molar-refractivity contribution is 9.10. The second-order valence-electron chi connectivity index (χ2n) is 6.97. The average Bonchev–Trinajstić information content (AvgIpc) is 2.60. The largest absolute Gasteiger partial charge is 0.755 e. The molecule has 0 aliphatic heterocycles. The molecule has 0 fully saturated rings. The number of esters is 1. The monoisotopic (exact) mass is 494 g/mol. The predicted molar refractivity (Wildman–Crippen MR) is 113 cm³/mol. The molecule has 0 saturated carbocycles. The van der Waals surface area contributed by atoms with Crippen LogP contribution in [0, 0.1) is 0 Å². The van der Waals surface area contributed by atoms with Gasteiger partial charge in [0, 0.05) is 21.4 Å². The van der Waals surface area contributed by atoms with Gasteiger partial charge in [-0.25, -0.2) is 0 Å². The van der Waals surface area contributed by atoms with E-state index in [1.54, 1.807) is 18.2 Å². The van der Waals surface area contributed by atoms with E-state index in [9.17, 15) is 13.6 Å². The Hall–Kier alpha value is -1.04. The molecule has 1 atom stereocenters. The first kappa shape index (κ1) is 26.0. The molecular formula is C19H29BrNO7S-. The topological polar surface area (TPSA) is 97.4 Å². The Labute approximate surface area is 183 Å². The van der Waals surface area contributed by atoms with Gasteiger partial charge in [0.2, 0.25) is 0 Å². The fourth-order valence-corrected chi connectivity index (χ4v) is 3.05. The summed E-state index contributed by atoms with van der Waals surface area (Å²) >= 11 is 0.938. The van der Waals surface area contributed by atoms with E-state index in [2.05, 4.69) is 15.9 Å². The van der Waals surface area contributed by atoms with Crippen molar-refractivity contribution in [3.63, 3.8) is 0 Å². The van der Waals surface area contributed by atoms with E-state index < -0.39 is 16.9 Å². The predicted octanol–water partition coefficient (Wildman–Crippen LogP) is 2.83. The lowest BCUT2D eigenvalue weighted by atomic mass is 10.2. The third-order valence-electron chi connectivity index (χ3n) is 3.33. The van der Waals surface area contributed by atoms with Gasteiger partial charge in [0.05, 0.1) is 52.6 Å². The number of hydrogen-bond donors (Lipinski definition) is 0. The second kappa shape index (κ2) is 14.1. The van der Waals surface area contributed by atoms with E-state index >= 15 is 0 Å². The first-order valence-corrected chi connectivity index (χ1v) is 11.1. The zero-order chi connectivity index (χ0) is 21.7. The number of halogens is 1. The van der Waals surface area contributed by atoms with Crippen molar-refractivity contribution >= 4 is 38.9 Å². The third kappa shape index (κ3) is 13.0. The Bertz CT molecular complexity index is 639. The number of rotatable bonds is 14. The second-order valence-corrected chi connectivity index (χ2v) is 8.76. The maximum Gasteiger partial charge on any atom is 0.308 e. The van der Waals surface area contributed by atoms with Gasteiger partial charge in [0.15, 0.2) is 0 Å². The van der Waals surface area contributed by atoms with Crippen LogP contribution in [-0.4, -0.2) is 66.5 Å². The van der Waals surface area contributed by atoms with Crippen molar-refractivity contribution in [2.45, 2.75) is 32.8 Å². The Balaban J connectivity index is 2.04. The molecule has 0 N–H and O–H groups in total. The lowest BCUT2D eigenvalue weighted by Crippen LogP contribution is -2.29. The average molecular weight is 495 g/mol. The van der Waals surface area contributed by atoms with Crippen LogP contribution in [0.25, 0.3) is 0 Å². The number of carbonyl (C=O) groups excluding carboxylic acids is 1. The first-order chi connectivity index (χ1) is 13.7. The van der Waals surface area contributed by atoms with Crippen LogP contribution in [-0.2, 0) is 35.0 Å². The molecule has 1 rings (SSSR count). The Morgan fingerprint density at radius 3 is 2.21 bits per heavy atom. The molecule has 0 radical (unpaired) electrons. The highest BCUT2D eigenvalue weighted by Gasteiger charge is 2.15. The van der Waals surface area contributed by atoms with Gasteiger partial charge >= 0.3 is 5.97 Å². The summed E-state index contributed by atoms with van der Waals surface area (Å²) in [4.78, 5) is 11.5. The molecule has 0 bridgehead atoms. The maximum absolute atomic E-state index is 11.5. The van der Waals surface area contributed by atoms with Crippen LogP contribution >= 0.6 is 15.9 Å². The zero-order valence-electron chi connectivity index (χ0n) is 17.1. The summed E-state index contributed by atoms with van der Waals surface area (Å²) < 4.78 is 46.1. The van der Waals surface area contributed by atoms with Crippen molar-refractivity contribution in [3.8, 4) is 0 Å². The van der Waals surface area contributed by atoms with Crippen LogP contribution in [0.1, 0.15) is 27.2 Å². The number of benzene rings is 1. The number of hydrogen-bond acceptors (Lipinski definition) is 7. The maximum atomic E-state index is 11.5. The minimum absolute atomic E-state index is 0.204. The molecule has 166 valence electrons. The van der Waals surface area contributed by atoms with Crippen LogP contribution in [0.3, 0.4) is 0 Å². The molecule has 8 nitrogen and oxygen atoms in total. The third-order valence-corrected chi connectivity index (χ3v) is 4.58. The van der Waals surface area contributed by atoms with Gasteiger partial charge in [-0.1, -0.05) is 22.0 Å². The van der Waals surface area contributed by atoms with E-state index in [0.29, 0.717) is 32.1 Å². The number of ether oxygens (including phenoxy) is 4. The number of carbonyl (C=O) groups is 1. The van der Waals surface area contributed by atoms with E-state index in [4.69, 9.17) is 18.9 Å². The first-order valence-electron chi connectivity index (χ1n) is 9.26. The van der Waals surface area contributed by atoms with Gasteiger partial charge in [-0.3, -0.25) is 9.00 Å². The zero-order valence-corrected chi connectivity index (χ0v) is 19.5. The SMILES string of the molecule is CC(C)(C)OC(=O)CCOCCOCCOCCN(c1cccc(Br)c1)S(=O)[O-]. The summed E-state index contributed by atoms with van der Waals surface area (Å²) in [6.45, 7) is 7.66. The fraction of sp³-hybridized carbons (Fsp3) is 0.632. The van der Waals surface area contributed by atoms with Gasteiger partial charge in [-0.15, -0.1) is 0 Å². The van der Waals surface area contributed by atoms with Gasteiger partial charge in [-0.2, -0.15) is 0 Å². The fourth-order valence-electron chi connectivity index (χ4n) is 2.16. The number of anilines is 1. The molecule has 0 heterocycles. The lowest BCUT2D eigenvalue weighted by Gasteiger charge is -2.26. The summed E-state index contributed by atoms with van der Waals surface area (Å²) in [6, 6.07) is 7.03. The molecule has 0 spiro atoms. The van der Waals surface area contributed by atoms with Crippen molar-refractivity contribution in [1.82, 2.24) is 0 Å². The number of nitrogens with zero attached hydrogens (tertiary/aromatic N) is 1. The standard InChI is InChI=1S/C19H30BrNO7S/c1-19(2,3)28-18(22)7-9-25-11-13-27-14-12-26-10-8-21(29(23)24)17-6-4-5-16(20)15-17/h4-6,15H,7-14H2,1-3H3,(H,23,24)/p-1. The molecule has 1 unspecified atom stereocenters. The van der Waals surface area contributed by atoms with E-state index in [0.717, 1.165) is 4.47 Å². The quantitative estimate of drug-likeness (QED) is 0.222. The van der Waals surface area contributed by atoms with Crippen LogP contribution in [0.4, 0.5) is 5.69 Å². The highest BCUT2D eigenvalue weighted by Crippen LogP contribution is 2.20. The van der Waals surface area contributed by atoms with Gasteiger partial charge < -0.3 is 27.8 Å². The van der Waals surface area contributed by atoms with Crippen LogP contribution in [0.5, 0.6) is 0 Å². The van der Waals surface area contributed by atoms with E-state index in [-0.39, 0.29) is 32.1 Å².